The number of phenolic OH excluding ortho intramolecular Hbond substituents is 1. The maximum absolute atomic E-state index is 11.1. The summed E-state index contributed by atoms with van der Waals surface area (Å²) in [6.07, 6.45) is 0. The van der Waals surface area contributed by atoms with Crippen molar-refractivity contribution in [2.45, 2.75) is 10.9 Å². The lowest BCUT2D eigenvalue weighted by molar-refractivity contribution is 0.471. The number of thioether (sulfide) groups is 1. The van der Waals surface area contributed by atoms with Crippen LogP contribution >= 0.6 is 11.8 Å². The molecule has 0 unspecified atom stereocenters. The number of H-pyrrole nitrogens is 1. The number of nitrogens with one attached hydrogen (secondary N) is 1. The number of rotatable bonds is 3. The Balaban J connectivity index is 2.15. The van der Waals surface area contributed by atoms with Gasteiger partial charge in [0.25, 0.3) is 0 Å². The smallest absolute Gasteiger partial charge is 0.343 e. The minimum Gasteiger partial charge on any atom is -0.508 e. The van der Waals surface area contributed by atoms with E-state index in [1.807, 2.05) is 0 Å². The van der Waals surface area contributed by atoms with Gasteiger partial charge in [0.1, 0.15) is 5.75 Å². The van der Waals surface area contributed by atoms with Crippen molar-refractivity contribution < 1.29 is 5.11 Å². The monoisotopic (exact) mass is 252 g/mol. The number of nitrogens with zero attached hydrogens (tertiary/aromatic N) is 2. The number of hydrogen-bond acceptors (Lipinski definition) is 5. The summed E-state index contributed by atoms with van der Waals surface area (Å²) in [5.41, 5.74) is 6.68. The van der Waals surface area contributed by atoms with Crippen molar-refractivity contribution in [1.29, 1.82) is 0 Å². The van der Waals surface area contributed by atoms with Crippen molar-refractivity contribution >= 4 is 17.4 Å². The van der Waals surface area contributed by atoms with E-state index in [-0.39, 0.29) is 11.4 Å². The molecule has 0 fully saturated rings. The first-order valence-electron chi connectivity index (χ1n) is 4.89. The highest BCUT2D eigenvalue weighted by Gasteiger charge is 2.07. The van der Waals surface area contributed by atoms with E-state index >= 15 is 0 Å². The van der Waals surface area contributed by atoms with E-state index in [0.29, 0.717) is 22.2 Å². The van der Waals surface area contributed by atoms with Crippen molar-refractivity contribution in [2.24, 2.45) is 7.05 Å². The van der Waals surface area contributed by atoms with Crippen LogP contribution in [0.15, 0.2) is 28.2 Å². The second-order valence-corrected chi connectivity index (χ2v) is 4.49. The number of benzene rings is 1. The van der Waals surface area contributed by atoms with Gasteiger partial charge in [-0.1, -0.05) is 11.8 Å². The van der Waals surface area contributed by atoms with Crippen molar-refractivity contribution in [1.82, 2.24) is 14.8 Å². The van der Waals surface area contributed by atoms with Crippen LogP contribution < -0.4 is 11.4 Å². The molecule has 1 heterocycles. The Morgan fingerprint density at radius 2 is 2.35 bits per heavy atom. The van der Waals surface area contributed by atoms with Gasteiger partial charge in [-0.25, -0.2) is 9.89 Å². The molecule has 6 nitrogen and oxygen atoms in total. The lowest BCUT2D eigenvalue weighted by Crippen LogP contribution is -2.12. The number of phenols is 1. The van der Waals surface area contributed by atoms with Gasteiger partial charge in [-0.15, -0.1) is 5.10 Å². The molecule has 0 saturated heterocycles. The molecule has 0 radical (unpaired) electrons. The molecule has 0 bridgehead atoms. The molecule has 2 aromatic rings. The molecule has 0 atom stereocenters. The first kappa shape index (κ1) is 11.6. The molecule has 0 spiro atoms. The van der Waals surface area contributed by atoms with E-state index in [1.165, 1.54) is 16.3 Å². The summed E-state index contributed by atoms with van der Waals surface area (Å²) in [6, 6.07) is 4.88. The fourth-order valence-electron chi connectivity index (χ4n) is 1.32. The van der Waals surface area contributed by atoms with Crippen LogP contribution in [0.5, 0.6) is 5.75 Å². The van der Waals surface area contributed by atoms with Gasteiger partial charge in [0.05, 0.1) is 0 Å². The van der Waals surface area contributed by atoms with Crippen LogP contribution in [0.25, 0.3) is 0 Å². The molecule has 0 amide bonds. The zero-order valence-electron chi connectivity index (χ0n) is 9.17. The third-order valence-electron chi connectivity index (χ3n) is 2.30. The normalized spacial score (nSPS) is 10.6. The Morgan fingerprint density at radius 1 is 1.59 bits per heavy atom. The predicted molar refractivity (Wildman–Crippen MR) is 65.9 cm³/mol. The third kappa shape index (κ3) is 2.44. The number of nitrogen functional groups attached to an aromatic ring is 1. The fraction of sp³-hybridized carbons (Fsp3) is 0.200. The molecule has 1 aromatic heterocycles. The molecule has 17 heavy (non-hydrogen) atoms. The number of aromatic amines is 1. The SMILES string of the molecule is Cn1c(SCc2cc(N)ccc2O)n[nH]c1=O. The van der Waals surface area contributed by atoms with E-state index in [9.17, 15) is 9.90 Å². The van der Waals surface area contributed by atoms with Gasteiger partial charge >= 0.3 is 5.69 Å². The molecule has 7 heteroatoms. The standard InChI is InChI=1S/C10H12N4O2S/c1-14-9(16)12-13-10(14)17-5-6-4-7(11)2-3-8(6)15/h2-4,15H,5,11H2,1H3,(H,12,16). The van der Waals surface area contributed by atoms with Gasteiger partial charge in [-0.2, -0.15) is 0 Å². The van der Waals surface area contributed by atoms with Gasteiger partial charge in [-0.05, 0) is 18.2 Å². The summed E-state index contributed by atoms with van der Waals surface area (Å²) in [7, 11) is 1.63. The van der Waals surface area contributed by atoms with Crippen molar-refractivity contribution in [3.05, 3.63) is 34.2 Å². The fourth-order valence-corrected chi connectivity index (χ4v) is 2.23. The second kappa shape index (κ2) is 4.54. The Morgan fingerprint density at radius 3 is 3.00 bits per heavy atom. The van der Waals surface area contributed by atoms with E-state index in [2.05, 4.69) is 10.2 Å². The molecule has 4 N–H and O–H groups in total. The maximum atomic E-state index is 11.1. The zero-order chi connectivity index (χ0) is 12.4. The highest BCUT2D eigenvalue weighted by molar-refractivity contribution is 7.98. The van der Waals surface area contributed by atoms with Crippen LogP contribution in [-0.2, 0) is 12.8 Å². The number of aromatic nitrogens is 3. The maximum Gasteiger partial charge on any atom is 0.343 e. The summed E-state index contributed by atoms with van der Waals surface area (Å²) < 4.78 is 1.41. The quantitative estimate of drug-likeness (QED) is 0.424. The molecular weight excluding hydrogens is 240 g/mol. The summed E-state index contributed by atoms with van der Waals surface area (Å²) in [5.74, 6) is 0.682. The molecule has 0 aliphatic carbocycles. The van der Waals surface area contributed by atoms with Crippen LogP contribution in [0.4, 0.5) is 5.69 Å². The Hall–Kier alpha value is -1.89. The van der Waals surface area contributed by atoms with Crippen LogP contribution in [0.1, 0.15) is 5.56 Å². The first-order valence-corrected chi connectivity index (χ1v) is 5.88. The van der Waals surface area contributed by atoms with E-state index in [0.717, 1.165) is 0 Å². The predicted octanol–water partition coefficient (Wildman–Crippen LogP) is 0.688. The molecule has 0 saturated carbocycles. The molecule has 2 rings (SSSR count). The van der Waals surface area contributed by atoms with Crippen molar-refractivity contribution in [2.75, 3.05) is 5.73 Å². The number of anilines is 1. The Bertz CT molecular complexity index is 590. The van der Waals surface area contributed by atoms with Crippen molar-refractivity contribution in [3.8, 4) is 5.75 Å². The third-order valence-corrected chi connectivity index (χ3v) is 3.38. The summed E-state index contributed by atoms with van der Waals surface area (Å²) in [5, 5.41) is 16.4. The van der Waals surface area contributed by atoms with Gasteiger partial charge in [0.2, 0.25) is 0 Å². The van der Waals surface area contributed by atoms with E-state index in [4.69, 9.17) is 5.73 Å². The van der Waals surface area contributed by atoms with Crippen LogP contribution in [-0.4, -0.2) is 19.9 Å². The summed E-state index contributed by atoms with van der Waals surface area (Å²) in [4.78, 5) is 11.1. The first-order chi connectivity index (χ1) is 8.08. The summed E-state index contributed by atoms with van der Waals surface area (Å²) in [6.45, 7) is 0. The lowest BCUT2D eigenvalue weighted by atomic mass is 10.2. The largest absolute Gasteiger partial charge is 0.508 e. The zero-order valence-corrected chi connectivity index (χ0v) is 9.99. The van der Waals surface area contributed by atoms with Crippen LogP contribution in [0.2, 0.25) is 0 Å². The van der Waals surface area contributed by atoms with Gasteiger partial charge < -0.3 is 10.8 Å². The second-order valence-electron chi connectivity index (χ2n) is 3.55. The molecule has 90 valence electrons. The minimum absolute atomic E-state index is 0.187. The molecule has 1 aromatic carbocycles. The average molecular weight is 252 g/mol. The minimum atomic E-state index is -0.260. The summed E-state index contributed by atoms with van der Waals surface area (Å²) >= 11 is 1.35. The Labute approximate surface area is 101 Å². The van der Waals surface area contributed by atoms with E-state index in [1.54, 1.807) is 25.2 Å². The van der Waals surface area contributed by atoms with Crippen molar-refractivity contribution in [3.63, 3.8) is 0 Å². The van der Waals surface area contributed by atoms with Crippen LogP contribution in [0, 0.1) is 0 Å². The Kier molecular flexibility index (Phi) is 3.10. The average Bonchev–Trinajstić information content (AvgIpc) is 2.62. The highest BCUT2D eigenvalue weighted by Crippen LogP contribution is 2.26. The van der Waals surface area contributed by atoms with Gasteiger partial charge in [0.15, 0.2) is 5.16 Å². The molecule has 0 aliphatic heterocycles. The number of hydrogen-bond donors (Lipinski definition) is 3. The molecule has 0 aliphatic rings. The topological polar surface area (TPSA) is 96.9 Å². The number of nitrogens with two attached hydrogens (primary N) is 1. The van der Waals surface area contributed by atoms with Gasteiger partial charge in [0, 0.05) is 24.1 Å². The van der Waals surface area contributed by atoms with Crippen LogP contribution in [0.3, 0.4) is 0 Å². The lowest BCUT2D eigenvalue weighted by Gasteiger charge is -2.04. The highest BCUT2D eigenvalue weighted by atomic mass is 32.2. The van der Waals surface area contributed by atoms with E-state index < -0.39 is 0 Å². The van der Waals surface area contributed by atoms with Gasteiger partial charge in [-0.3, -0.25) is 4.57 Å². The number of aromatic hydroxyl groups is 1. The molecular formula is C10H12N4O2S.